The minimum absolute atomic E-state index is 0.161. The van der Waals surface area contributed by atoms with Crippen LogP contribution in [0.2, 0.25) is 5.02 Å². The van der Waals surface area contributed by atoms with E-state index in [4.69, 9.17) is 21.7 Å². The number of benzene rings is 2. The second-order valence-electron chi connectivity index (χ2n) is 4.86. The molecule has 0 amide bonds. The minimum atomic E-state index is -1.07. The maximum atomic E-state index is 11.6. The first-order valence-corrected chi connectivity index (χ1v) is 8.71. The van der Waals surface area contributed by atoms with Crippen molar-refractivity contribution >= 4 is 40.1 Å². The molecule has 0 bridgehead atoms. The molecule has 2 aromatic carbocycles. The Morgan fingerprint density at radius 3 is 2.70 bits per heavy atom. The number of guanidine groups is 1. The zero-order valence-corrected chi connectivity index (χ0v) is 14.7. The summed E-state index contributed by atoms with van der Waals surface area (Å²) in [6, 6.07) is 12.4. The fourth-order valence-corrected chi connectivity index (χ4v) is 2.76. The number of anilines is 2. The van der Waals surface area contributed by atoms with Crippen LogP contribution in [-0.2, 0) is 11.2 Å². The summed E-state index contributed by atoms with van der Waals surface area (Å²) < 4.78 is 16.7. The Kier molecular flexibility index (Phi) is 5.76. The molecule has 0 radical (unpaired) electrons. The first kappa shape index (κ1) is 17.5. The Hall–Kier alpha value is -1.89. The molecule has 0 saturated carbocycles. The molecule has 0 fully saturated rings. The largest absolute Gasteiger partial charge is 0.612 e. The van der Waals surface area contributed by atoms with E-state index in [1.54, 1.807) is 55.6 Å². The van der Waals surface area contributed by atoms with Gasteiger partial charge in [0.05, 0.1) is 7.11 Å². The van der Waals surface area contributed by atoms with E-state index in [0.29, 0.717) is 21.4 Å². The van der Waals surface area contributed by atoms with Crippen LogP contribution in [0.1, 0.15) is 0 Å². The van der Waals surface area contributed by atoms with Gasteiger partial charge >= 0.3 is 0 Å². The summed E-state index contributed by atoms with van der Waals surface area (Å²) in [5.74, 6) is 0.771. The molecule has 0 aliphatic heterocycles. The van der Waals surface area contributed by atoms with Gasteiger partial charge in [-0.05, 0) is 35.4 Å². The van der Waals surface area contributed by atoms with Crippen LogP contribution in [0.5, 0.6) is 5.75 Å². The Bertz CT molecular complexity index is 709. The standard InChI is InChI=1S/C16H18ClN3O2S/c1-20(13-5-4-6-15(10-13)23(3)21)16(18)19-12-7-11(17)8-14(9-12)22-2/h4-10H,1-3H3,(H2,18,19). The van der Waals surface area contributed by atoms with Crippen molar-refractivity contribution in [1.29, 1.82) is 5.41 Å². The van der Waals surface area contributed by atoms with Crippen molar-refractivity contribution in [2.45, 2.75) is 4.90 Å². The number of rotatable bonds is 4. The van der Waals surface area contributed by atoms with Crippen LogP contribution in [0.25, 0.3) is 0 Å². The Labute approximate surface area is 143 Å². The smallest absolute Gasteiger partial charge is 0.199 e. The first-order valence-electron chi connectivity index (χ1n) is 6.78. The monoisotopic (exact) mass is 351 g/mol. The van der Waals surface area contributed by atoms with Crippen LogP contribution in [0, 0.1) is 5.41 Å². The molecule has 0 saturated heterocycles. The molecule has 0 aliphatic carbocycles. The molecular weight excluding hydrogens is 334 g/mol. The summed E-state index contributed by atoms with van der Waals surface area (Å²) in [4.78, 5) is 2.37. The average molecular weight is 352 g/mol. The van der Waals surface area contributed by atoms with Crippen molar-refractivity contribution < 1.29 is 9.29 Å². The zero-order chi connectivity index (χ0) is 17.0. The molecule has 2 aromatic rings. The third kappa shape index (κ3) is 4.54. The lowest BCUT2D eigenvalue weighted by Crippen LogP contribution is -2.32. The maximum absolute atomic E-state index is 11.6. The number of methoxy groups -OCH3 is 1. The highest BCUT2D eigenvalue weighted by Crippen LogP contribution is 2.25. The van der Waals surface area contributed by atoms with Gasteiger partial charge in [0.1, 0.15) is 12.0 Å². The van der Waals surface area contributed by atoms with Gasteiger partial charge in [-0.15, -0.1) is 0 Å². The van der Waals surface area contributed by atoms with Gasteiger partial charge < -0.3 is 19.5 Å². The Morgan fingerprint density at radius 2 is 2.04 bits per heavy atom. The molecule has 0 spiro atoms. The summed E-state index contributed by atoms with van der Waals surface area (Å²) >= 11 is 4.96. The summed E-state index contributed by atoms with van der Waals surface area (Å²) in [5.41, 5.74) is 1.42. The molecule has 2 N–H and O–H groups in total. The Morgan fingerprint density at radius 1 is 1.30 bits per heavy atom. The predicted molar refractivity (Wildman–Crippen MR) is 96.5 cm³/mol. The summed E-state index contributed by atoms with van der Waals surface area (Å²) in [6.45, 7) is 0. The van der Waals surface area contributed by atoms with Gasteiger partial charge in [-0.3, -0.25) is 5.41 Å². The molecule has 2 rings (SSSR count). The molecule has 122 valence electrons. The number of hydrogen-bond donors (Lipinski definition) is 2. The minimum Gasteiger partial charge on any atom is -0.612 e. The highest BCUT2D eigenvalue weighted by molar-refractivity contribution is 7.90. The van der Waals surface area contributed by atoms with Crippen LogP contribution < -0.4 is 15.0 Å². The van der Waals surface area contributed by atoms with Crippen molar-refractivity contribution in [1.82, 2.24) is 0 Å². The van der Waals surface area contributed by atoms with E-state index >= 15 is 0 Å². The second kappa shape index (κ2) is 7.59. The lowest BCUT2D eigenvalue weighted by molar-refractivity contribution is 0.415. The van der Waals surface area contributed by atoms with Crippen molar-refractivity contribution in [2.75, 3.05) is 30.6 Å². The number of hydrogen-bond acceptors (Lipinski definition) is 3. The van der Waals surface area contributed by atoms with Crippen LogP contribution >= 0.6 is 11.6 Å². The number of halogens is 1. The normalized spacial score (nSPS) is 11.7. The van der Waals surface area contributed by atoms with E-state index < -0.39 is 11.2 Å². The first-order chi connectivity index (χ1) is 10.9. The van der Waals surface area contributed by atoms with Crippen LogP contribution in [0.4, 0.5) is 11.4 Å². The summed E-state index contributed by atoms with van der Waals surface area (Å²) in [6.07, 6.45) is 1.63. The van der Waals surface area contributed by atoms with Gasteiger partial charge in [0, 0.05) is 35.6 Å². The highest BCUT2D eigenvalue weighted by Gasteiger charge is 2.12. The molecule has 23 heavy (non-hydrogen) atoms. The lowest BCUT2D eigenvalue weighted by atomic mass is 10.3. The fraction of sp³-hybridized carbons (Fsp3) is 0.188. The number of nitrogens with one attached hydrogen (secondary N) is 2. The molecule has 1 atom stereocenters. The highest BCUT2D eigenvalue weighted by atomic mass is 35.5. The second-order valence-corrected chi connectivity index (χ2v) is 6.68. The van der Waals surface area contributed by atoms with Crippen molar-refractivity contribution in [3.05, 3.63) is 47.5 Å². The topological polar surface area (TPSA) is 71.4 Å². The van der Waals surface area contributed by atoms with Crippen LogP contribution in [0.3, 0.4) is 0 Å². The molecule has 1 unspecified atom stereocenters. The third-order valence-corrected chi connectivity index (χ3v) is 4.38. The number of ether oxygens (including phenoxy) is 1. The molecule has 5 nitrogen and oxygen atoms in total. The molecule has 0 aromatic heterocycles. The van der Waals surface area contributed by atoms with Gasteiger partial charge in [-0.2, -0.15) is 0 Å². The SMILES string of the molecule is COc1cc(Cl)cc(NC(=N)N(C)c2cccc([S+](C)[O-])c2)c1. The summed E-state index contributed by atoms with van der Waals surface area (Å²) in [5, 5.41) is 11.7. The van der Waals surface area contributed by atoms with Crippen LogP contribution in [0.15, 0.2) is 47.4 Å². The molecule has 0 aliphatic rings. The van der Waals surface area contributed by atoms with Crippen molar-refractivity contribution in [3.8, 4) is 5.75 Å². The van der Waals surface area contributed by atoms with E-state index in [0.717, 1.165) is 5.69 Å². The van der Waals surface area contributed by atoms with Gasteiger partial charge in [-0.25, -0.2) is 0 Å². The molecule has 7 heteroatoms. The van der Waals surface area contributed by atoms with E-state index in [1.165, 1.54) is 0 Å². The predicted octanol–water partition coefficient (Wildman–Crippen LogP) is 3.57. The van der Waals surface area contributed by atoms with Gasteiger partial charge in [-0.1, -0.05) is 17.7 Å². The van der Waals surface area contributed by atoms with Crippen molar-refractivity contribution in [3.63, 3.8) is 0 Å². The van der Waals surface area contributed by atoms with E-state index in [9.17, 15) is 4.55 Å². The quantitative estimate of drug-likeness (QED) is 0.502. The van der Waals surface area contributed by atoms with Crippen LogP contribution in [-0.4, -0.2) is 30.9 Å². The maximum Gasteiger partial charge on any atom is 0.199 e. The van der Waals surface area contributed by atoms with Gasteiger partial charge in [0.25, 0.3) is 0 Å². The van der Waals surface area contributed by atoms with E-state index in [-0.39, 0.29) is 5.96 Å². The number of nitrogens with zero attached hydrogens (tertiary/aromatic N) is 1. The average Bonchev–Trinajstić information content (AvgIpc) is 2.53. The van der Waals surface area contributed by atoms with Crippen molar-refractivity contribution in [2.24, 2.45) is 0 Å². The third-order valence-electron chi connectivity index (χ3n) is 3.24. The Balaban J connectivity index is 2.17. The molecule has 0 heterocycles. The van der Waals surface area contributed by atoms with Gasteiger partial charge in [0.15, 0.2) is 10.9 Å². The van der Waals surface area contributed by atoms with Gasteiger partial charge in [0.2, 0.25) is 0 Å². The zero-order valence-electron chi connectivity index (χ0n) is 13.1. The van der Waals surface area contributed by atoms with E-state index in [1.807, 2.05) is 12.1 Å². The lowest BCUT2D eigenvalue weighted by Gasteiger charge is -2.21. The molecular formula is C16H18ClN3O2S. The van der Waals surface area contributed by atoms with E-state index in [2.05, 4.69) is 5.32 Å². The summed E-state index contributed by atoms with van der Waals surface area (Å²) in [7, 11) is 3.32. The fourth-order valence-electron chi connectivity index (χ4n) is 1.97.